The maximum atomic E-state index is 5.60. The fourth-order valence-corrected chi connectivity index (χ4v) is 3.10. The van der Waals surface area contributed by atoms with Crippen LogP contribution in [0.25, 0.3) is 11.5 Å². The lowest BCUT2D eigenvalue weighted by Gasteiger charge is -2.26. The maximum Gasteiger partial charge on any atom is 0.226 e. The van der Waals surface area contributed by atoms with Crippen LogP contribution in [0.5, 0.6) is 0 Å². The number of nitrogens with zero attached hydrogens (tertiary/aromatic N) is 3. The summed E-state index contributed by atoms with van der Waals surface area (Å²) in [6, 6.07) is 8.16. The Morgan fingerprint density at radius 3 is 2.68 bits per heavy atom. The van der Waals surface area contributed by atoms with Gasteiger partial charge in [0, 0.05) is 32.2 Å². The normalized spacial score (nSPS) is 15.6. The third-order valence-corrected chi connectivity index (χ3v) is 4.81. The Bertz CT molecular complexity index is 736. The van der Waals surface area contributed by atoms with Crippen LogP contribution in [0, 0.1) is 6.92 Å². The number of unbranched alkanes of at least 4 members (excludes halogenated alkanes) is 1. The molecule has 2 N–H and O–H groups in total. The Hall–Kier alpha value is -2.38. The van der Waals surface area contributed by atoms with Crippen molar-refractivity contribution < 1.29 is 9.15 Å². The van der Waals surface area contributed by atoms with Gasteiger partial charge in [0.25, 0.3) is 0 Å². The molecule has 0 atom stereocenters. The molecule has 0 unspecified atom stereocenters. The second-order valence-electron chi connectivity index (χ2n) is 7.02. The van der Waals surface area contributed by atoms with Crippen molar-refractivity contribution in [3.05, 3.63) is 41.8 Å². The van der Waals surface area contributed by atoms with E-state index in [-0.39, 0.29) is 0 Å². The van der Waals surface area contributed by atoms with Gasteiger partial charge in [0.05, 0.1) is 25.5 Å². The van der Waals surface area contributed by atoms with Gasteiger partial charge in [-0.05, 0) is 38.4 Å². The van der Waals surface area contributed by atoms with E-state index < -0.39 is 0 Å². The molecule has 1 aromatic carbocycles. The van der Waals surface area contributed by atoms with E-state index >= 15 is 0 Å². The molecular weight excluding hydrogens is 354 g/mol. The number of hydrogen-bond acceptors (Lipinski definition) is 5. The third-order valence-electron chi connectivity index (χ3n) is 4.81. The molecule has 3 rings (SSSR count). The molecule has 1 saturated heterocycles. The molecule has 2 aromatic rings. The number of benzene rings is 1. The van der Waals surface area contributed by atoms with Crippen molar-refractivity contribution in [2.45, 2.75) is 26.3 Å². The van der Waals surface area contributed by atoms with E-state index in [1.807, 2.05) is 12.1 Å². The van der Waals surface area contributed by atoms with E-state index in [2.05, 4.69) is 44.6 Å². The first-order valence-electron chi connectivity index (χ1n) is 10.0. The lowest BCUT2D eigenvalue weighted by Crippen LogP contribution is -2.38. The number of ether oxygens (including phenoxy) is 1. The number of aliphatic imine (C=N–C) groups is 1. The van der Waals surface area contributed by atoms with Gasteiger partial charge in [-0.2, -0.15) is 0 Å². The molecule has 28 heavy (non-hydrogen) atoms. The van der Waals surface area contributed by atoms with Crippen LogP contribution in [0.15, 0.2) is 39.9 Å². The van der Waals surface area contributed by atoms with Gasteiger partial charge in [-0.15, -0.1) is 0 Å². The largest absolute Gasteiger partial charge is 0.444 e. The Morgan fingerprint density at radius 2 is 1.93 bits per heavy atom. The van der Waals surface area contributed by atoms with Gasteiger partial charge in [0.15, 0.2) is 5.96 Å². The molecule has 1 aliphatic heterocycles. The number of rotatable bonds is 8. The zero-order valence-corrected chi connectivity index (χ0v) is 16.9. The van der Waals surface area contributed by atoms with Crippen molar-refractivity contribution in [1.29, 1.82) is 0 Å². The van der Waals surface area contributed by atoms with Crippen molar-refractivity contribution in [3.8, 4) is 11.5 Å². The van der Waals surface area contributed by atoms with E-state index in [1.54, 1.807) is 13.3 Å². The van der Waals surface area contributed by atoms with Crippen molar-refractivity contribution in [1.82, 2.24) is 20.5 Å². The molecular formula is C21H31N5O2. The lowest BCUT2D eigenvalue weighted by atomic mass is 10.1. The highest BCUT2D eigenvalue weighted by Gasteiger charge is 2.09. The van der Waals surface area contributed by atoms with Crippen LogP contribution in [0.4, 0.5) is 0 Å². The molecule has 0 spiro atoms. The van der Waals surface area contributed by atoms with Gasteiger partial charge >= 0.3 is 0 Å². The van der Waals surface area contributed by atoms with E-state index in [1.165, 1.54) is 12.0 Å². The second-order valence-corrected chi connectivity index (χ2v) is 7.02. The maximum absolute atomic E-state index is 5.60. The average Bonchev–Trinajstić information content (AvgIpc) is 3.20. The molecule has 0 bridgehead atoms. The summed E-state index contributed by atoms with van der Waals surface area (Å²) in [5.74, 6) is 1.43. The number of nitrogens with one attached hydrogen (secondary N) is 2. The van der Waals surface area contributed by atoms with Gasteiger partial charge < -0.3 is 19.8 Å². The summed E-state index contributed by atoms with van der Waals surface area (Å²) in [6.45, 7) is 8.51. The molecule has 0 aliphatic carbocycles. The zero-order valence-electron chi connectivity index (χ0n) is 16.9. The smallest absolute Gasteiger partial charge is 0.226 e. The summed E-state index contributed by atoms with van der Waals surface area (Å²) < 4.78 is 11.0. The zero-order chi connectivity index (χ0) is 19.6. The van der Waals surface area contributed by atoms with Crippen LogP contribution < -0.4 is 10.6 Å². The number of aromatic nitrogens is 1. The van der Waals surface area contributed by atoms with E-state index in [0.717, 1.165) is 63.0 Å². The highest BCUT2D eigenvalue weighted by Crippen LogP contribution is 2.18. The van der Waals surface area contributed by atoms with Crippen molar-refractivity contribution >= 4 is 5.96 Å². The minimum atomic E-state index is 0.572. The highest BCUT2D eigenvalue weighted by atomic mass is 16.5. The van der Waals surface area contributed by atoms with Crippen LogP contribution in [-0.4, -0.2) is 62.3 Å². The number of oxazole rings is 1. The molecule has 7 nitrogen and oxygen atoms in total. The van der Waals surface area contributed by atoms with Crippen LogP contribution in [-0.2, 0) is 11.3 Å². The van der Waals surface area contributed by atoms with Crippen LogP contribution in [0.1, 0.15) is 24.1 Å². The molecule has 1 fully saturated rings. The van der Waals surface area contributed by atoms with Gasteiger partial charge in [-0.1, -0.05) is 17.7 Å². The number of hydrogen-bond donors (Lipinski definition) is 2. The number of morpholine rings is 1. The standard InChI is InChI=1S/C21H31N5O2/c1-17-5-7-18(8-6-17)20-25-19(16-28-20)15-24-21(22-2)23-9-3-4-10-26-11-13-27-14-12-26/h5-8,16H,3-4,9-15H2,1-2H3,(H2,22,23,24). The monoisotopic (exact) mass is 385 g/mol. The first kappa shape index (κ1) is 20.4. The molecule has 152 valence electrons. The number of guanidine groups is 1. The summed E-state index contributed by atoms with van der Waals surface area (Å²) >= 11 is 0. The molecule has 0 radical (unpaired) electrons. The van der Waals surface area contributed by atoms with Gasteiger partial charge in [0.2, 0.25) is 5.89 Å². The molecule has 1 aromatic heterocycles. The molecule has 0 amide bonds. The van der Waals surface area contributed by atoms with Crippen LogP contribution in [0.2, 0.25) is 0 Å². The number of aryl methyl sites for hydroxylation is 1. The predicted molar refractivity (Wildman–Crippen MR) is 111 cm³/mol. The summed E-state index contributed by atoms with van der Waals surface area (Å²) in [7, 11) is 1.78. The Kier molecular flexibility index (Phi) is 7.87. The summed E-state index contributed by atoms with van der Waals surface area (Å²) in [5, 5.41) is 6.65. The first-order valence-corrected chi connectivity index (χ1v) is 10.0. The van der Waals surface area contributed by atoms with Crippen LogP contribution in [0.3, 0.4) is 0 Å². The van der Waals surface area contributed by atoms with E-state index in [9.17, 15) is 0 Å². The summed E-state index contributed by atoms with van der Waals surface area (Å²) in [4.78, 5) is 11.3. The SMILES string of the molecule is CN=C(NCCCCN1CCOCC1)NCc1coc(-c2ccc(C)cc2)n1. The summed E-state index contributed by atoms with van der Waals surface area (Å²) in [5.41, 5.74) is 3.06. The minimum Gasteiger partial charge on any atom is -0.444 e. The molecule has 2 heterocycles. The fraction of sp³-hybridized carbons (Fsp3) is 0.524. The molecule has 0 saturated carbocycles. The fourth-order valence-electron chi connectivity index (χ4n) is 3.10. The topological polar surface area (TPSA) is 74.9 Å². The Balaban J connectivity index is 1.35. The van der Waals surface area contributed by atoms with E-state index in [4.69, 9.17) is 9.15 Å². The lowest BCUT2D eigenvalue weighted by molar-refractivity contribution is 0.0372. The van der Waals surface area contributed by atoms with Crippen LogP contribution >= 0.6 is 0 Å². The van der Waals surface area contributed by atoms with Crippen molar-refractivity contribution in [2.75, 3.05) is 46.4 Å². The van der Waals surface area contributed by atoms with Crippen molar-refractivity contribution in [2.24, 2.45) is 4.99 Å². The Labute approximate surface area is 167 Å². The van der Waals surface area contributed by atoms with E-state index in [0.29, 0.717) is 12.4 Å². The average molecular weight is 386 g/mol. The molecule has 7 heteroatoms. The highest BCUT2D eigenvalue weighted by molar-refractivity contribution is 5.79. The van der Waals surface area contributed by atoms with Gasteiger partial charge in [-0.25, -0.2) is 4.98 Å². The van der Waals surface area contributed by atoms with Gasteiger partial charge in [0.1, 0.15) is 6.26 Å². The third kappa shape index (κ3) is 6.35. The second kappa shape index (κ2) is 10.8. The minimum absolute atomic E-state index is 0.572. The Morgan fingerprint density at radius 1 is 1.14 bits per heavy atom. The molecule has 1 aliphatic rings. The first-order chi connectivity index (χ1) is 13.7. The quantitative estimate of drug-likeness (QED) is 0.413. The van der Waals surface area contributed by atoms with Crippen molar-refractivity contribution in [3.63, 3.8) is 0 Å². The van der Waals surface area contributed by atoms with Gasteiger partial charge in [-0.3, -0.25) is 9.89 Å². The summed E-state index contributed by atoms with van der Waals surface area (Å²) in [6.07, 6.45) is 3.98. The predicted octanol–water partition coefficient (Wildman–Crippen LogP) is 2.43.